The molecule has 0 spiro atoms. The van der Waals surface area contributed by atoms with Crippen LogP contribution in [0.25, 0.3) is 0 Å². The predicted molar refractivity (Wildman–Crippen MR) is 82.3 cm³/mol. The lowest BCUT2D eigenvalue weighted by Gasteiger charge is -2.27. The molecule has 0 aromatic carbocycles. The molecular weight excluding hydrogens is 204 g/mol. The second-order valence-electron chi connectivity index (χ2n) is 3.80. The predicted octanol–water partition coefficient (Wildman–Crippen LogP) is 6.08. The average Bonchev–Trinajstić information content (AvgIpc) is 2.39. The summed E-state index contributed by atoms with van der Waals surface area (Å²) in [5.74, 6) is 0.351. The maximum atomic E-state index is 4.12. The molecule has 0 radical (unpaired) electrons. The summed E-state index contributed by atoms with van der Waals surface area (Å²) in [6.07, 6.45) is 1.98. The highest BCUT2D eigenvalue weighted by Crippen LogP contribution is 2.37. The van der Waals surface area contributed by atoms with Crippen LogP contribution >= 0.6 is 0 Å². The van der Waals surface area contributed by atoms with Crippen LogP contribution in [0.1, 0.15) is 55.4 Å². The van der Waals surface area contributed by atoms with Gasteiger partial charge in [0.2, 0.25) is 0 Å². The fraction of sp³-hybridized carbons (Fsp3) is 0.529. The molecule has 98 valence electrons. The molecule has 0 saturated carbocycles. The number of allylic oxidation sites excluding steroid dienone is 6. The second kappa shape index (κ2) is 9.04. The molecule has 0 N–H and O–H groups in total. The van der Waals surface area contributed by atoms with E-state index < -0.39 is 0 Å². The first-order valence-electron chi connectivity index (χ1n) is 6.67. The van der Waals surface area contributed by atoms with Gasteiger partial charge in [0.05, 0.1) is 0 Å². The highest BCUT2D eigenvalue weighted by molar-refractivity contribution is 5.52. The Labute approximate surface area is 109 Å². The van der Waals surface area contributed by atoms with Crippen LogP contribution < -0.4 is 0 Å². The Bertz CT molecular complexity index is 324. The summed E-state index contributed by atoms with van der Waals surface area (Å²) < 4.78 is 0. The first kappa shape index (κ1) is 18.3. The Morgan fingerprint density at radius 1 is 0.824 bits per heavy atom. The normalized spacial score (nSPS) is 19.1. The van der Waals surface area contributed by atoms with Crippen LogP contribution in [0.15, 0.2) is 47.1 Å². The molecule has 0 amide bonds. The highest BCUT2D eigenvalue weighted by Gasteiger charge is 2.21. The van der Waals surface area contributed by atoms with Crippen LogP contribution in [0.5, 0.6) is 0 Å². The monoisotopic (exact) mass is 234 g/mol. The molecule has 0 fully saturated rings. The summed E-state index contributed by atoms with van der Waals surface area (Å²) >= 11 is 0. The van der Waals surface area contributed by atoms with Crippen molar-refractivity contribution in [3.05, 3.63) is 47.1 Å². The third-order valence-corrected chi connectivity index (χ3v) is 3.28. The van der Waals surface area contributed by atoms with Crippen LogP contribution in [-0.2, 0) is 0 Å². The maximum Gasteiger partial charge on any atom is 0.0225 e. The number of rotatable bonds is 1. The van der Waals surface area contributed by atoms with E-state index >= 15 is 0 Å². The molecule has 0 heteroatoms. The van der Waals surface area contributed by atoms with Gasteiger partial charge in [-0.15, -0.1) is 6.58 Å². The molecule has 0 saturated heterocycles. The largest absolute Gasteiger partial charge is 0.102 e. The minimum atomic E-state index is 0.351. The zero-order valence-electron chi connectivity index (χ0n) is 13.1. The molecule has 0 aliphatic heterocycles. The average molecular weight is 234 g/mol. The van der Waals surface area contributed by atoms with Gasteiger partial charge in [-0.25, -0.2) is 0 Å². The van der Waals surface area contributed by atoms with E-state index in [0.29, 0.717) is 5.92 Å². The molecule has 0 heterocycles. The third kappa shape index (κ3) is 4.03. The van der Waals surface area contributed by atoms with Crippen molar-refractivity contribution in [2.24, 2.45) is 5.92 Å². The Morgan fingerprint density at radius 2 is 1.24 bits per heavy atom. The van der Waals surface area contributed by atoms with E-state index in [-0.39, 0.29) is 0 Å². The van der Waals surface area contributed by atoms with Gasteiger partial charge in [0.25, 0.3) is 0 Å². The Hall–Kier alpha value is -1.04. The van der Waals surface area contributed by atoms with E-state index in [1.54, 1.807) is 0 Å². The van der Waals surface area contributed by atoms with Crippen molar-refractivity contribution in [1.29, 1.82) is 0 Å². The van der Waals surface area contributed by atoms with Gasteiger partial charge < -0.3 is 0 Å². The van der Waals surface area contributed by atoms with Crippen LogP contribution in [0.2, 0.25) is 0 Å². The zero-order valence-corrected chi connectivity index (χ0v) is 13.1. The van der Waals surface area contributed by atoms with E-state index in [0.717, 1.165) is 0 Å². The van der Waals surface area contributed by atoms with Crippen molar-refractivity contribution in [3.8, 4) is 0 Å². The second-order valence-corrected chi connectivity index (χ2v) is 3.80. The van der Waals surface area contributed by atoms with Gasteiger partial charge in [-0.1, -0.05) is 45.9 Å². The molecule has 1 atom stereocenters. The van der Waals surface area contributed by atoms with Crippen molar-refractivity contribution >= 4 is 0 Å². The minimum absolute atomic E-state index is 0.351. The van der Waals surface area contributed by atoms with E-state index in [2.05, 4.69) is 40.9 Å². The Kier molecular flexibility index (Phi) is 9.74. The quantitative estimate of drug-likeness (QED) is 0.482. The fourth-order valence-electron chi connectivity index (χ4n) is 1.86. The van der Waals surface area contributed by atoms with Gasteiger partial charge >= 0.3 is 0 Å². The summed E-state index contributed by atoms with van der Waals surface area (Å²) in [7, 11) is 0. The minimum Gasteiger partial charge on any atom is -0.102 e. The lowest BCUT2D eigenvalue weighted by molar-refractivity contribution is 0.858. The molecule has 0 aromatic heterocycles. The van der Waals surface area contributed by atoms with Gasteiger partial charge in [-0.05, 0) is 50.0 Å². The van der Waals surface area contributed by atoms with E-state index in [9.17, 15) is 0 Å². The smallest absolute Gasteiger partial charge is 0.0225 e. The Morgan fingerprint density at radius 3 is 1.59 bits per heavy atom. The van der Waals surface area contributed by atoms with Crippen molar-refractivity contribution in [2.75, 3.05) is 0 Å². The summed E-state index contributed by atoms with van der Waals surface area (Å²) in [6, 6.07) is 0. The van der Waals surface area contributed by atoms with Crippen LogP contribution in [0, 0.1) is 5.92 Å². The summed E-state index contributed by atoms with van der Waals surface area (Å²) in [4.78, 5) is 0. The van der Waals surface area contributed by atoms with Gasteiger partial charge in [0, 0.05) is 5.92 Å². The third-order valence-electron chi connectivity index (χ3n) is 3.28. The zero-order chi connectivity index (χ0) is 14.2. The molecular formula is C17H30. The molecule has 0 nitrogen and oxygen atoms in total. The van der Waals surface area contributed by atoms with Crippen molar-refractivity contribution in [3.63, 3.8) is 0 Å². The molecule has 1 aliphatic carbocycles. The Balaban J connectivity index is 0. The highest BCUT2D eigenvalue weighted by atomic mass is 14.3. The summed E-state index contributed by atoms with van der Waals surface area (Å²) in [5, 5.41) is 0. The van der Waals surface area contributed by atoms with Gasteiger partial charge in [0.1, 0.15) is 0 Å². The van der Waals surface area contributed by atoms with E-state index in [1.165, 1.54) is 27.9 Å². The maximum absolute atomic E-state index is 4.12. The van der Waals surface area contributed by atoms with Crippen LogP contribution in [0.3, 0.4) is 0 Å². The van der Waals surface area contributed by atoms with Crippen LogP contribution in [-0.4, -0.2) is 0 Å². The standard InChI is InChI=1S/C13H18.2C2H6/c1-7-13-11(5)9(3)8(2)10(4)12(13)6;2*1-2/h7,13H,1,5H2,2-4,6H3;2*1-2H3. The molecule has 17 heavy (non-hydrogen) atoms. The lowest BCUT2D eigenvalue weighted by Crippen LogP contribution is -2.11. The van der Waals surface area contributed by atoms with Crippen molar-refractivity contribution in [2.45, 2.75) is 55.4 Å². The summed E-state index contributed by atoms with van der Waals surface area (Å²) in [6.45, 7) is 24.6. The first-order valence-corrected chi connectivity index (χ1v) is 6.67. The topological polar surface area (TPSA) is 0 Å². The fourth-order valence-corrected chi connectivity index (χ4v) is 1.86. The first-order chi connectivity index (χ1) is 8.00. The van der Waals surface area contributed by atoms with Gasteiger partial charge in [0.15, 0.2) is 0 Å². The molecule has 1 unspecified atom stereocenters. The van der Waals surface area contributed by atoms with Gasteiger partial charge in [-0.2, -0.15) is 0 Å². The molecule has 0 aromatic rings. The SMILES string of the molecule is C=CC1C(=C)C(C)=C(C)C(C)=C1C.CC.CC. The number of hydrogen-bond acceptors (Lipinski definition) is 0. The number of hydrogen-bond donors (Lipinski definition) is 0. The molecule has 1 aliphatic rings. The summed E-state index contributed by atoms with van der Waals surface area (Å²) in [5.41, 5.74) is 6.70. The van der Waals surface area contributed by atoms with Gasteiger partial charge in [-0.3, -0.25) is 0 Å². The van der Waals surface area contributed by atoms with Crippen molar-refractivity contribution < 1.29 is 0 Å². The van der Waals surface area contributed by atoms with Crippen molar-refractivity contribution in [1.82, 2.24) is 0 Å². The van der Waals surface area contributed by atoms with Crippen LogP contribution in [0.4, 0.5) is 0 Å². The molecule has 0 bridgehead atoms. The van der Waals surface area contributed by atoms with E-state index in [1.807, 2.05) is 33.8 Å². The lowest BCUT2D eigenvalue weighted by atomic mass is 9.78. The van der Waals surface area contributed by atoms with E-state index in [4.69, 9.17) is 0 Å². The molecule has 1 rings (SSSR count).